The van der Waals surface area contributed by atoms with Crippen LogP contribution in [0.3, 0.4) is 0 Å². The first kappa shape index (κ1) is 15.4. The third kappa shape index (κ3) is 18.7. The summed E-state index contributed by atoms with van der Waals surface area (Å²) in [7, 11) is 2.17. The van der Waals surface area contributed by atoms with Gasteiger partial charge in [0.25, 0.3) is 0 Å². The zero-order valence-electron chi connectivity index (χ0n) is 10.4. The van der Waals surface area contributed by atoms with Gasteiger partial charge in [-0.3, -0.25) is 0 Å². The van der Waals surface area contributed by atoms with Crippen LogP contribution in [0, 0.1) is 0 Å². The van der Waals surface area contributed by atoms with E-state index in [1.165, 1.54) is 45.2 Å². The van der Waals surface area contributed by atoms with Gasteiger partial charge in [0, 0.05) is 0 Å². The minimum Gasteiger partial charge on any atom is -0.306 e. The van der Waals surface area contributed by atoms with Crippen LogP contribution in [-0.4, -0.2) is 25.0 Å². The average Bonchev–Trinajstić information content (AvgIpc) is 2.08. The zero-order valence-corrected chi connectivity index (χ0v) is 10.4. The van der Waals surface area contributed by atoms with Crippen LogP contribution in [0.15, 0.2) is 0 Å². The van der Waals surface area contributed by atoms with Crippen molar-refractivity contribution in [2.45, 2.75) is 59.8 Å². The van der Waals surface area contributed by atoms with Gasteiger partial charge in [0.1, 0.15) is 0 Å². The van der Waals surface area contributed by atoms with Crippen LogP contribution in [0.1, 0.15) is 59.8 Å². The molecular formula is C12H29N. The normalized spacial score (nSPS) is 9.69. The molecule has 0 spiro atoms. The fourth-order valence-electron chi connectivity index (χ4n) is 1.23. The Morgan fingerprint density at radius 2 is 1.08 bits per heavy atom. The smallest absolute Gasteiger partial charge is 0.00244 e. The molecule has 0 radical (unpaired) electrons. The third-order valence-electron chi connectivity index (χ3n) is 1.92. The number of hydrogen-bond acceptors (Lipinski definition) is 1. The minimum absolute atomic E-state index is 1.24. The SMILES string of the molecule is CCCCC.CCCN(C)CCC. The standard InChI is InChI=1S/C7H17N.C5H12/c1-4-6-8(3)7-5-2;1-3-5-4-2/h4-7H2,1-3H3;3-5H2,1-2H3. The van der Waals surface area contributed by atoms with Gasteiger partial charge in [0.15, 0.2) is 0 Å². The van der Waals surface area contributed by atoms with Crippen molar-refractivity contribution in [3.63, 3.8) is 0 Å². The van der Waals surface area contributed by atoms with Crippen LogP contribution in [-0.2, 0) is 0 Å². The van der Waals surface area contributed by atoms with E-state index in [1.807, 2.05) is 0 Å². The van der Waals surface area contributed by atoms with Crippen LogP contribution in [0.4, 0.5) is 0 Å². The fraction of sp³-hybridized carbons (Fsp3) is 1.00. The van der Waals surface area contributed by atoms with Crippen LogP contribution in [0.25, 0.3) is 0 Å². The Labute approximate surface area is 85.5 Å². The monoisotopic (exact) mass is 187 g/mol. The Bertz CT molecular complexity index is 63.5. The molecule has 0 saturated carbocycles. The van der Waals surface area contributed by atoms with Gasteiger partial charge in [-0.05, 0) is 33.0 Å². The van der Waals surface area contributed by atoms with E-state index < -0.39 is 0 Å². The molecule has 0 atom stereocenters. The van der Waals surface area contributed by atoms with E-state index in [2.05, 4.69) is 39.6 Å². The third-order valence-corrected chi connectivity index (χ3v) is 1.92. The predicted molar refractivity (Wildman–Crippen MR) is 63.3 cm³/mol. The highest BCUT2D eigenvalue weighted by Gasteiger charge is 1.90. The molecule has 0 aliphatic rings. The van der Waals surface area contributed by atoms with E-state index in [-0.39, 0.29) is 0 Å². The second-order valence-electron chi connectivity index (χ2n) is 3.66. The highest BCUT2D eigenvalue weighted by atomic mass is 15.1. The molecule has 13 heavy (non-hydrogen) atoms. The Morgan fingerprint density at radius 1 is 0.692 bits per heavy atom. The predicted octanol–water partition coefficient (Wildman–Crippen LogP) is 3.93. The zero-order chi connectivity index (χ0) is 10.5. The molecule has 0 aliphatic heterocycles. The van der Waals surface area contributed by atoms with Gasteiger partial charge in [-0.15, -0.1) is 0 Å². The molecule has 0 bridgehead atoms. The highest BCUT2D eigenvalue weighted by Crippen LogP contribution is 1.88. The summed E-state index contributed by atoms with van der Waals surface area (Å²) in [6.45, 7) is 11.3. The number of hydrogen-bond donors (Lipinski definition) is 0. The van der Waals surface area contributed by atoms with Crippen molar-refractivity contribution in [2.75, 3.05) is 20.1 Å². The lowest BCUT2D eigenvalue weighted by molar-refractivity contribution is 0.335. The number of rotatable bonds is 6. The highest BCUT2D eigenvalue weighted by molar-refractivity contribution is 4.45. The van der Waals surface area contributed by atoms with Crippen molar-refractivity contribution in [1.29, 1.82) is 0 Å². The Morgan fingerprint density at radius 3 is 1.23 bits per heavy atom. The average molecular weight is 187 g/mol. The first-order valence-corrected chi connectivity index (χ1v) is 5.91. The molecular weight excluding hydrogens is 158 g/mol. The van der Waals surface area contributed by atoms with E-state index in [0.29, 0.717) is 0 Å². The lowest BCUT2D eigenvalue weighted by Gasteiger charge is -2.12. The minimum atomic E-state index is 1.24. The van der Waals surface area contributed by atoms with Crippen molar-refractivity contribution >= 4 is 0 Å². The fourth-order valence-corrected chi connectivity index (χ4v) is 1.23. The first-order chi connectivity index (χ1) is 6.22. The van der Waals surface area contributed by atoms with Crippen molar-refractivity contribution in [2.24, 2.45) is 0 Å². The van der Waals surface area contributed by atoms with E-state index in [1.54, 1.807) is 0 Å². The largest absolute Gasteiger partial charge is 0.306 e. The van der Waals surface area contributed by atoms with Crippen molar-refractivity contribution in [3.8, 4) is 0 Å². The van der Waals surface area contributed by atoms with Gasteiger partial charge in [-0.2, -0.15) is 0 Å². The summed E-state index contributed by atoms with van der Waals surface area (Å²) in [6, 6.07) is 0. The van der Waals surface area contributed by atoms with Crippen molar-refractivity contribution in [1.82, 2.24) is 4.90 Å². The quantitative estimate of drug-likeness (QED) is 0.609. The molecule has 0 unspecified atom stereocenters. The Hall–Kier alpha value is -0.0400. The van der Waals surface area contributed by atoms with Crippen LogP contribution >= 0.6 is 0 Å². The molecule has 0 fully saturated rings. The second kappa shape index (κ2) is 14.5. The van der Waals surface area contributed by atoms with E-state index in [9.17, 15) is 0 Å². The Kier molecular flexibility index (Phi) is 17.2. The number of unbranched alkanes of at least 4 members (excludes halogenated alkanes) is 2. The first-order valence-electron chi connectivity index (χ1n) is 5.91. The second-order valence-corrected chi connectivity index (χ2v) is 3.66. The molecule has 0 aliphatic carbocycles. The maximum absolute atomic E-state index is 2.36. The summed E-state index contributed by atoms with van der Waals surface area (Å²) < 4.78 is 0. The van der Waals surface area contributed by atoms with Gasteiger partial charge < -0.3 is 4.90 Å². The molecule has 0 aromatic rings. The molecule has 0 aromatic heterocycles. The molecule has 0 rings (SSSR count). The lowest BCUT2D eigenvalue weighted by Crippen LogP contribution is -2.19. The molecule has 1 heteroatoms. The van der Waals surface area contributed by atoms with Crippen molar-refractivity contribution < 1.29 is 0 Å². The topological polar surface area (TPSA) is 3.24 Å². The molecule has 0 heterocycles. The summed E-state index contributed by atoms with van der Waals surface area (Å²) in [5, 5.41) is 0. The van der Waals surface area contributed by atoms with Gasteiger partial charge in [0.05, 0.1) is 0 Å². The Balaban J connectivity index is 0. The van der Waals surface area contributed by atoms with Crippen LogP contribution in [0.5, 0.6) is 0 Å². The molecule has 0 amide bonds. The summed E-state index contributed by atoms with van der Waals surface area (Å²) in [5.74, 6) is 0. The van der Waals surface area contributed by atoms with Crippen LogP contribution < -0.4 is 0 Å². The summed E-state index contributed by atoms with van der Waals surface area (Å²) in [4.78, 5) is 2.36. The maximum atomic E-state index is 2.36. The molecule has 1 nitrogen and oxygen atoms in total. The molecule has 0 saturated heterocycles. The number of nitrogens with zero attached hydrogens (tertiary/aromatic N) is 1. The van der Waals surface area contributed by atoms with Gasteiger partial charge in [0.2, 0.25) is 0 Å². The molecule has 82 valence electrons. The van der Waals surface area contributed by atoms with Gasteiger partial charge >= 0.3 is 0 Å². The van der Waals surface area contributed by atoms with E-state index >= 15 is 0 Å². The van der Waals surface area contributed by atoms with Gasteiger partial charge in [-0.25, -0.2) is 0 Å². The lowest BCUT2D eigenvalue weighted by atomic mass is 10.3. The molecule has 0 N–H and O–H groups in total. The van der Waals surface area contributed by atoms with E-state index in [0.717, 1.165) is 0 Å². The summed E-state index contributed by atoms with van der Waals surface area (Å²) in [5.41, 5.74) is 0. The van der Waals surface area contributed by atoms with Gasteiger partial charge in [-0.1, -0.05) is 47.0 Å². The van der Waals surface area contributed by atoms with Crippen LogP contribution in [0.2, 0.25) is 0 Å². The summed E-state index contributed by atoms with van der Waals surface area (Å²) >= 11 is 0. The van der Waals surface area contributed by atoms with E-state index in [4.69, 9.17) is 0 Å². The maximum Gasteiger partial charge on any atom is -0.00244 e. The van der Waals surface area contributed by atoms with Crippen molar-refractivity contribution in [3.05, 3.63) is 0 Å². The molecule has 0 aromatic carbocycles. The summed E-state index contributed by atoms with van der Waals surface area (Å²) in [6.07, 6.45) is 6.62.